The van der Waals surface area contributed by atoms with Gasteiger partial charge < -0.3 is 9.80 Å². The Bertz CT molecular complexity index is 837. The molecule has 4 rings (SSSR count). The Kier molecular flexibility index (Phi) is 4.41. The number of aromatic nitrogens is 2. The third-order valence-corrected chi connectivity index (χ3v) is 5.23. The van der Waals surface area contributed by atoms with Crippen molar-refractivity contribution in [3.8, 4) is 0 Å². The average Bonchev–Trinajstić information content (AvgIpc) is 3.17. The fourth-order valence-electron chi connectivity index (χ4n) is 3.79. The maximum Gasteiger partial charge on any atom is 0.254 e. The molecule has 0 unspecified atom stereocenters. The normalized spacial score (nSPS) is 19.3. The van der Waals surface area contributed by atoms with Gasteiger partial charge in [0.05, 0.1) is 11.7 Å². The Morgan fingerprint density at radius 3 is 2.73 bits per heavy atom. The molecule has 1 atom stereocenters. The first kappa shape index (κ1) is 16.7. The van der Waals surface area contributed by atoms with Crippen LogP contribution in [-0.4, -0.2) is 44.7 Å². The van der Waals surface area contributed by atoms with E-state index < -0.39 is 0 Å². The summed E-state index contributed by atoms with van der Waals surface area (Å²) in [6, 6.07) is 9.31. The molecule has 2 aliphatic heterocycles. The second kappa shape index (κ2) is 6.86. The summed E-state index contributed by atoms with van der Waals surface area (Å²) in [4.78, 5) is 37.5. The van der Waals surface area contributed by atoms with Crippen molar-refractivity contribution in [2.75, 3.05) is 13.1 Å². The van der Waals surface area contributed by atoms with Gasteiger partial charge in [-0.3, -0.25) is 9.59 Å². The first-order chi connectivity index (χ1) is 12.6. The summed E-state index contributed by atoms with van der Waals surface area (Å²) in [7, 11) is 0. The molecule has 6 nitrogen and oxygen atoms in total. The molecule has 2 aliphatic rings. The maximum absolute atomic E-state index is 12.9. The second-order valence-corrected chi connectivity index (χ2v) is 6.91. The topological polar surface area (TPSA) is 66.4 Å². The van der Waals surface area contributed by atoms with E-state index in [1.807, 2.05) is 46.3 Å². The molecule has 1 aromatic carbocycles. The highest BCUT2D eigenvalue weighted by Gasteiger charge is 2.33. The van der Waals surface area contributed by atoms with E-state index in [2.05, 4.69) is 4.98 Å². The molecule has 0 aliphatic carbocycles. The monoisotopic (exact) mass is 350 g/mol. The Morgan fingerprint density at radius 2 is 1.96 bits per heavy atom. The summed E-state index contributed by atoms with van der Waals surface area (Å²) < 4.78 is 0. The van der Waals surface area contributed by atoms with Gasteiger partial charge in [-0.15, -0.1) is 0 Å². The molecule has 3 heterocycles. The lowest BCUT2D eigenvalue weighted by Crippen LogP contribution is -2.36. The van der Waals surface area contributed by atoms with Gasteiger partial charge in [0.15, 0.2) is 5.82 Å². The van der Waals surface area contributed by atoms with E-state index >= 15 is 0 Å². The predicted octanol–water partition coefficient (Wildman–Crippen LogP) is 2.36. The molecular weight excluding hydrogens is 328 g/mol. The minimum Gasteiger partial charge on any atom is -0.338 e. The number of carbonyl (C=O) groups is 2. The van der Waals surface area contributed by atoms with E-state index in [9.17, 15) is 9.59 Å². The van der Waals surface area contributed by atoms with Crippen molar-refractivity contribution < 1.29 is 9.59 Å². The Hall–Kier alpha value is -2.76. The van der Waals surface area contributed by atoms with E-state index in [-0.39, 0.29) is 17.9 Å². The van der Waals surface area contributed by atoms with Crippen molar-refractivity contribution in [2.45, 2.75) is 38.8 Å². The summed E-state index contributed by atoms with van der Waals surface area (Å²) in [5.41, 5.74) is 2.72. The molecule has 0 N–H and O–H groups in total. The molecule has 134 valence electrons. The zero-order valence-corrected chi connectivity index (χ0v) is 14.9. The summed E-state index contributed by atoms with van der Waals surface area (Å²) in [5.74, 6) is 0.842. The average molecular weight is 350 g/mol. The van der Waals surface area contributed by atoms with Crippen LogP contribution in [0.3, 0.4) is 0 Å². The lowest BCUT2D eigenvalue weighted by atomic mass is 10.1. The number of likely N-dealkylation sites (tertiary alicyclic amines) is 1. The number of fused-ring (bicyclic) bond motifs is 1. The lowest BCUT2D eigenvalue weighted by molar-refractivity contribution is -0.129. The molecule has 26 heavy (non-hydrogen) atoms. The number of hydrogen-bond acceptors (Lipinski definition) is 4. The first-order valence-corrected chi connectivity index (χ1v) is 9.09. The molecule has 0 radical (unpaired) electrons. The van der Waals surface area contributed by atoms with Crippen LogP contribution < -0.4 is 0 Å². The zero-order valence-electron chi connectivity index (χ0n) is 14.9. The molecule has 6 heteroatoms. The van der Waals surface area contributed by atoms with Crippen molar-refractivity contribution in [3.05, 3.63) is 59.2 Å². The highest BCUT2D eigenvalue weighted by atomic mass is 16.2. The van der Waals surface area contributed by atoms with E-state index in [0.717, 1.165) is 42.9 Å². The Labute approximate surface area is 152 Å². The maximum atomic E-state index is 12.9. The van der Waals surface area contributed by atoms with Gasteiger partial charge in [0.25, 0.3) is 5.91 Å². The first-order valence-electron chi connectivity index (χ1n) is 9.09. The molecule has 1 fully saturated rings. The van der Waals surface area contributed by atoms with Crippen LogP contribution in [-0.2, 0) is 17.8 Å². The molecule has 2 amide bonds. The molecule has 0 bridgehead atoms. The van der Waals surface area contributed by atoms with E-state index in [4.69, 9.17) is 4.98 Å². The van der Waals surface area contributed by atoms with E-state index in [1.54, 1.807) is 6.92 Å². The van der Waals surface area contributed by atoms with Crippen LogP contribution in [0.15, 0.2) is 36.5 Å². The Morgan fingerprint density at radius 1 is 1.15 bits per heavy atom. The fourth-order valence-corrected chi connectivity index (χ4v) is 3.79. The number of rotatable bonds is 2. The van der Waals surface area contributed by atoms with Gasteiger partial charge in [0, 0.05) is 50.3 Å². The number of benzene rings is 1. The zero-order chi connectivity index (χ0) is 18.1. The van der Waals surface area contributed by atoms with Crippen LogP contribution in [0.4, 0.5) is 0 Å². The molecule has 0 saturated carbocycles. The second-order valence-electron chi connectivity index (χ2n) is 6.91. The SMILES string of the molecule is CC(=O)N1CCc2nc([C@@H]3CCCN3C(=O)c3ccccc3)ncc2C1. The van der Waals surface area contributed by atoms with Crippen molar-refractivity contribution in [1.82, 2.24) is 19.8 Å². The number of amides is 2. The Balaban J connectivity index is 1.57. The smallest absolute Gasteiger partial charge is 0.254 e. The summed E-state index contributed by atoms with van der Waals surface area (Å²) in [6.07, 6.45) is 4.42. The lowest BCUT2D eigenvalue weighted by Gasteiger charge is -2.28. The molecule has 1 aromatic heterocycles. The minimum absolute atomic E-state index is 0.0391. The van der Waals surface area contributed by atoms with Crippen LogP contribution in [0.2, 0.25) is 0 Å². The van der Waals surface area contributed by atoms with E-state index in [1.165, 1.54) is 0 Å². The van der Waals surface area contributed by atoms with E-state index in [0.29, 0.717) is 18.7 Å². The van der Waals surface area contributed by atoms with Crippen molar-refractivity contribution in [3.63, 3.8) is 0 Å². The van der Waals surface area contributed by atoms with Crippen molar-refractivity contribution >= 4 is 11.8 Å². The predicted molar refractivity (Wildman–Crippen MR) is 96.3 cm³/mol. The van der Waals surface area contributed by atoms with Crippen LogP contribution in [0.5, 0.6) is 0 Å². The third-order valence-electron chi connectivity index (χ3n) is 5.23. The summed E-state index contributed by atoms with van der Waals surface area (Å²) in [6.45, 7) is 3.58. The summed E-state index contributed by atoms with van der Waals surface area (Å²) >= 11 is 0. The molecular formula is C20H22N4O2. The summed E-state index contributed by atoms with van der Waals surface area (Å²) in [5, 5.41) is 0. The van der Waals surface area contributed by atoms with Crippen LogP contribution >= 0.6 is 0 Å². The minimum atomic E-state index is -0.0705. The quantitative estimate of drug-likeness (QED) is 0.834. The third kappa shape index (κ3) is 3.07. The number of carbonyl (C=O) groups excluding carboxylic acids is 2. The van der Waals surface area contributed by atoms with Gasteiger partial charge in [-0.25, -0.2) is 9.97 Å². The van der Waals surface area contributed by atoms with Gasteiger partial charge >= 0.3 is 0 Å². The highest BCUT2D eigenvalue weighted by Crippen LogP contribution is 2.32. The highest BCUT2D eigenvalue weighted by molar-refractivity contribution is 5.94. The van der Waals surface area contributed by atoms with Crippen LogP contribution in [0.25, 0.3) is 0 Å². The number of nitrogens with zero attached hydrogens (tertiary/aromatic N) is 4. The fraction of sp³-hybridized carbons (Fsp3) is 0.400. The molecule has 1 saturated heterocycles. The van der Waals surface area contributed by atoms with Gasteiger partial charge in [-0.05, 0) is 25.0 Å². The molecule has 2 aromatic rings. The standard InChI is InChI=1S/C20H22N4O2/c1-14(25)23-11-9-17-16(13-23)12-21-19(22-17)18-8-5-10-24(18)20(26)15-6-3-2-4-7-15/h2-4,6-7,12,18H,5,8-11,13H2,1H3/t18-/m0/s1. The van der Waals surface area contributed by atoms with Gasteiger partial charge in [0.1, 0.15) is 0 Å². The van der Waals surface area contributed by atoms with Crippen LogP contribution in [0, 0.1) is 0 Å². The van der Waals surface area contributed by atoms with Gasteiger partial charge in [-0.1, -0.05) is 18.2 Å². The van der Waals surface area contributed by atoms with Crippen molar-refractivity contribution in [1.29, 1.82) is 0 Å². The largest absolute Gasteiger partial charge is 0.338 e. The van der Waals surface area contributed by atoms with Gasteiger partial charge in [-0.2, -0.15) is 0 Å². The van der Waals surface area contributed by atoms with Crippen LogP contribution in [0.1, 0.15) is 53.2 Å². The van der Waals surface area contributed by atoms with Gasteiger partial charge in [0.2, 0.25) is 5.91 Å². The molecule has 0 spiro atoms. The van der Waals surface area contributed by atoms with Crippen molar-refractivity contribution in [2.24, 2.45) is 0 Å². The number of hydrogen-bond donors (Lipinski definition) is 0.